The minimum absolute atomic E-state index is 0.109. The van der Waals surface area contributed by atoms with Gasteiger partial charge in [0.2, 0.25) is 0 Å². The van der Waals surface area contributed by atoms with Crippen LogP contribution in [0.2, 0.25) is 0 Å². The van der Waals surface area contributed by atoms with Crippen LogP contribution >= 0.6 is 11.6 Å². The average Bonchev–Trinajstić information content (AvgIpc) is 2.77. The fraction of sp³-hybridized carbons (Fsp3) is 0.750. The highest BCUT2D eigenvalue weighted by Crippen LogP contribution is 2.21. The zero-order valence-corrected chi connectivity index (χ0v) is 11.2. The fourth-order valence-corrected chi connectivity index (χ4v) is 2.50. The highest BCUT2D eigenvalue weighted by Gasteiger charge is 2.32. The molecule has 5 heteroatoms. The molecule has 2 rings (SSSR count). The van der Waals surface area contributed by atoms with Crippen molar-refractivity contribution in [2.45, 2.75) is 32.1 Å². The summed E-state index contributed by atoms with van der Waals surface area (Å²) in [6.45, 7) is 8.00. The summed E-state index contributed by atoms with van der Waals surface area (Å²) >= 11 is 5.90. The molecule has 1 atom stereocenters. The van der Waals surface area contributed by atoms with Gasteiger partial charge in [0.25, 0.3) is 0 Å². The molecule has 0 saturated carbocycles. The molecule has 1 aromatic heterocycles. The quantitative estimate of drug-likeness (QED) is 0.768. The Kier molecular flexibility index (Phi) is 4.07. The Balaban J connectivity index is 1.87. The second-order valence-electron chi connectivity index (χ2n) is 5.16. The minimum atomic E-state index is -0.109. The van der Waals surface area contributed by atoms with Gasteiger partial charge in [0.15, 0.2) is 0 Å². The molecule has 1 aliphatic heterocycles. The van der Waals surface area contributed by atoms with E-state index in [0.29, 0.717) is 5.88 Å². The van der Waals surface area contributed by atoms with Gasteiger partial charge in [0.05, 0.1) is 18.2 Å². The molecule has 1 fully saturated rings. The Morgan fingerprint density at radius 1 is 1.47 bits per heavy atom. The van der Waals surface area contributed by atoms with E-state index in [1.807, 2.05) is 23.1 Å². The monoisotopic (exact) mass is 257 g/mol. The standard InChI is InChI=1S/C12H20ClN3O/c1-12(2)10-15(9-11(8-13)17-12)6-7-16-5-3-4-14-16/h3-5,11H,6-10H2,1-2H3. The van der Waals surface area contributed by atoms with E-state index in [9.17, 15) is 0 Å². The first-order chi connectivity index (χ1) is 8.09. The number of alkyl halides is 1. The zero-order valence-electron chi connectivity index (χ0n) is 10.5. The Morgan fingerprint density at radius 3 is 2.94 bits per heavy atom. The number of hydrogen-bond acceptors (Lipinski definition) is 3. The number of rotatable bonds is 4. The number of morpholine rings is 1. The summed E-state index contributed by atoms with van der Waals surface area (Å²) in [6, 6.07) is 1.95. The van der Waals surface area contributed by atoms with Crippen molar-refractivity contribution in [2.24, 2.45) is 0 Å². The lowest BCUT2D eigenvalue weighted by atomic mass is 10.1. The van der Waals surface area contributed by atoms with Crippen molar-refractivity contribution in [3.8, 4) is 0 Å². The molecule has 1 unspecified atom stereocenters. The van der Waals surface area contributed by atoms with Crippen LogP contribution < -0.4 is 0 Å². The fourth-order valence-electron chi connectivity index (χ4n) is 2.34. The largest absolute Gasteiger partial charge is 0.368 e. The maximum atomic E-state index is 5.90. The third-order valence-corrected chi connectivity index (χ3v) is 3.27. The maximum Gasteiger partial charge on any atom is 0.0844 e. The molecule has 0 radical (unpaired) electrons. The lowest BCUT2D eigenvalue weighted by molar-refractivity contribution is -0.127. The van der Waals surface area contributed by atoms with Crippen LogP contribution in [0.25, 0.3) is 0 Å². The Morgan fingerprint density at radius 2 is 2.29 bits per heavy atom. The Bertz CT molecular complexity index is 340. The lowest BCUT2D eigenvalue weighted by Crippen LogP contribution is -2.53. The summed E-state index contributed by atoms with van der Waals surface area (Å²) < 4.78 is 7.85. The van der Waals surface area contributed by atoms with Crippen molar-refractivity contribution in [1.82, 2.24) is 14.7 Å². The lowest BCUT2D eigenvalue weighted by Gasteiger charge is -2.42. The summed E-state index contributed by atoms with van der Waals surface area (Å²) in [5.74, 6) is 0.557. The topological polar surface area (TPSA) is 30.3 Å². The maximum absolute atomic E-state index is 5.90. The molecule has 17 heavy (non-hydrogen) atoms. The van der Waals surface area contributed by atoms with Crippen LogP contribution in [-0.2, 0) is 11.3 Å². The third kappa shape index (κ3) is 3.69. The number of nitrogens with zero attached hydrogens (tertiary/aromatic N) is 3. The van der Waals surface area contributed by atoms with Crippen molar-refractivity contribution in [3.63, 3.8) is 0 Å². The SMILES string of the molecule is CC1(C)CN(CCn2cccn2)CC(CCl)O1. The van der Waals surface area contributed by atoms with Gasteiger partial charge in [-0.15, -0.1) is 11.6 Å². The molecule has 1 aliphatic rings. The summed E-state index contributed by atoms with van der Waals surface area (Å²) in [6.07, 6.45) is 3.94. The van der Waals surface area contributed by atoms with Gasteiger partial charge in [-0.25, -0.2) is 0 Å². The molecular formula is C12H20ClN3O. The zero-order chi connectivity index (χ0) is 12.3. The predicted molar refractivity (Wildman–Crippen MR) is 68.3 cm³/mol. The van der Waals surface area contributed by atoms with Gasteiger partial charge in [-0.3, -0.25) is 9.58 Å². The van der Waals surface area contributed by atoms with Crippen molar-refractivity contribution < 1.29 is 4.74 Å². The molecule has 1 aromatic rings. The molecule has 0 bridgehead atoms. The molecule has 2 heterocycles. The van der Waals surface area contributed by atoms with Crippen LogP contribution in [0, 0.1) is 0 Å². The van der Waals surface area contributed by atoms with E-state index in [-0.39, 0.29) is 11.7 Å². The first-order valence-corrected chi connectivity index (χ1v) is 6.56. The van der Waals surface area contributed by atoms with Crippen LogP contribution in [0.4, 0.5) is 0 Å². The molecule has 0 N–H and O–H groups in total. The van der Waals surface area contributed by atoms with Crippen molar-refractivity contribution >= 4 is 11.6 Å². The normalized spacial score (nSPS) is 25.0. The van der Waals surface area contributed by atoms with E-state index >= 15 is 0 Å². The van der Waals surface area contributed by atoms with E-state index in [1.54, 1.807) is 0 Å². The molecular weight excluding hydrogens is 238 g/mol. The Labute approximate surface area is 107 Å². The number of hydrogen-bond donors (Lipinski definition) is 0. The van der Waals surface area contributed by atoms with E-state index in [1.165, 1.54) is 0 Å². The highest BCUT2D eigenvalue weighted by molar-refractivity contribution is 6.18. The summed E-state index contributed by atoms with van der Waals surface area (Å²) in [7, 11) is 0. The van der Waals surface area contributed by atoms with E-state index < -0.39 is 0 Å². The molecule has 0 amide bonds. The van der Waals surface area contributed by atoms with Gasteiger partial charge in [0.1, 0.15) is 0 Å². The van der Waals surface area contributed by atoms with Gasteiger partial charge in [-0.05, 0) is 19.9 Å². The van der Waals surface area contributed by atoms with Crippen molar-refractivity contribution in [3.05, 3.63) is 18.5 Å². The first-order valence-electron chi connectivity index (χ1n) is 6.03. The van der Waals surface area contributed by atoms with E-state index in [4.69, 9.17) is 16.3 Å². The molecule has 0 spiro atoms. The first kappa shape index (κ1) is 12.9. The molecule has 1 saturated heterocycles. The highest BCUT2D eigenvalue weighted by atomic mass is 35.5. The van der Waals surface area contributed by atoms with Gasteiger partial charge in [-0.2, -0.15) is 5.10 Å². The molecule has 0 aliphatic carbocycles. The summed E-state index contributed by atoms with van der Waals surface area (Å²) in [5, 5.41) is 4.21. The third-order valence-electron chi connectivity index (χ3n) is 2.93. The number of ether oxygens (including phenoxy) is 1. The second kappa shape index (κ2) is 5.38. The number of halogens is 1. The van der Waals surface area contributed by atoms with Crippen molar-refractivity contribution in [2.75, 3.05) is 25.5 Å². The number of aromatic nitrogens is 2. The molecule has 96 valence electrons. The van der Waals surface area contributed by atoms with Gasteiger partial charge in [-0.1, -0.05) is 0 Å². The van der Waals surface area contributed by atoms with Gasteiger partial charge in [0, 0.05) is 37.9 Å². The van der Waals surface area contributed by atoms with E-state index in [0.717, 1.165) is 26.2 Å². The van der Waals surface area contributed by atoms with Crippen LogP contribution in [-0.4, -0.2) is 51.9 Å². The van der Waals surface area contributed by atoms with E-state index in [2.05, 4.69) is 23.8 Å². The summed E-state index contributed by atoms with van der Waals surface area (Å²) in [4.78, 5) is 2.40. The summed E-state index contributed by atoms with van der Waals surface area (Å²) in [5.41, 5.74) is -0.109. The van der Waals surface area contributed by atoms with Crippen LogP contribution in [0.1, 0.15) is 13.8 Å². The smallest absolute Gasteiger partial charge is 0.0844 e. The van der Waals surface area contributed by atoms with Crippen LogP contribution in [0.3, 0.4) is 0 Å². The average molecular weight is 258 g/mol. The van der Waals surface area contributed by atoms with Crippen LogP contribution in [0.5, 0.6) is 0 Å². The van der Waals surface area contributed by atoms with Gasteiger partial charge >= 0.3 is 0 Å². The predicted octanol–water partition coefficient (Wildman–Crippen LogP) is 1.60. The van der Waals surface area contributed by atoms with Gasteiger partial charge < -0.3 is 4.74 Å². The van der Waals surface area contributed by atoms with Crippen molar-refractivity contribution in [1.29, 1.82) is 0 Å². The van der Waals surface area contributed by atoms with Crippen LogP contribution in [0.15, 0.2) is 18.5 Å². The molecule has 0 aromatic carbocycles. The second-order valence-corrected chi connectivity index (χ2v) is 5.47. The minimum Gasteiger partial charge on any atom is -0.368 e. The Hall–Kier alpha value is -0.580. The molecule has 4 nitrogen and oxygen atoms in total.